The van der Waals surface area contributed by atoms with Gasteiger partial charge >= 0.3 is 0 Å². The molecule has 0 aromatic heterocycles. The highest BCUT2D eigenvalue weighted by molar-refractivity contribution is 6.31. The zero-order chi connectivity index (χ0) is 10.1. The van der Waals surface area contributed by atoms with E-state index in [0.29, 0.717) is 11.6 Å². The first-order valence-electron chi connectivity index (χ1n) is 4.13. The molecule has 0 aliphatic heterocycles. The van der Waals surface area contributed by atoms with Gasteiger partial charge in [-0.25, -0.2) is 4.39 Å². The van der Waals surface area contributed by atoms with Gasteiger partial charge in [-0.3, -0.25) is 0 Å². The van der Waals surface area contributed by atoms with Crippen molar-refractivity contribution in [2.45, 2.75) is 19.3 Å². The summed E-state index contributed by atoms with van der Waals surface area (Å²) < 4.78 is 12.7. The van der Waals surface area contributed by atoms with Gasteiger partial charge in [-0.15, -0.1) is 0 Å². The SMILES string of the molecule is CC(C)(CN)c1ccc(F)cc1Cl. The summed E-state index contributed by atoms with van der Waals surface area (Å²) in [4.78, 5) is 0. The maximum absolute atomic E-state index is 12.7. The average Bonchev–Trinajstić information content (AvgIpc) is 2.03. The van der Waals surface area contributed by atoms with Gasteiger partial charge < -0.3 is 5.73 Å². The Balaban J connectivity index is 3.16. The van der Waals surface area contributed by atoms with Crippen LogP contribution in [-0.2, 0) is 5.41 Å². The molecule has 0 radical (unpaired) electrons. The van der Waals surface area contributed by atoms with Crippen LogP contribution in [0.5, 0.6) is 0 Å². The van der Waals surface area contributed by atoms with Crippen molar-refractivity contribution in [3.05, 3.63) is 34.6 Å². The molecule has 1 aromatic rings. The molecular formula is C10H13ClFN. The van der Waals surface area contributed by atoms with Crippen molar-refractivity contribution in [2.24, 2.45) is 5.73 Å². The fourth-order valence-electron chi connectivity index (χ4n) is 1.15. The van der Waals surface area contributed by atoms with E-state index in [2.05, 4.69) is 0 Å². The molecule has 1 nitrogen and oxygen atoms in total. The second-order valence-corrected chi connectivity index (χ2v) is 4.12. The maximum atomic E-state index is 12.7. The van der Waals surface area contributed by atoms with Crippen molar-refractivity contribution < 1.29 is 4.39 Å². The van der Waals surface area contributed by atoms with Gasteiger partial charge in [-0.1, -0.05) is 31.5 Å². The largest absolute Gasteiger partial charge is 0.330 e. The molecule has 3 heteroatoms. The van der Waals surface area contributed by atoms with Crippen LogP contribution in [0.15, 0.2) is 18.2 Å². The van der Waals surface area contributed by atoms with Crippen molar-refractivity contribution in [3.8, 4) is 0 Å². The second kappa shape index (κ2) is 3.64. The van der Waals surface area contributed by atoms with Gasteiger partial charge in [0.05, 0.1) is 0 Å². The average molecular weight is 202 g/mol. The predicted molar refractivity (Wildman–Crippen MR) is 53.5 cm³/mol. The van der Waals surface area contributed by atoms with Crippen molar-refractivity contribution in [1.29, 1.82) is 0 Å². The topological polar surface area (TPSA) is 26.0 Å². The number of rotatable bonds is 2. The molecule has 0 atom stereocenters. The van der Waals surface area contributed by atoms with Gasteiger partial charge in [0.1, 0.15) is 5.82 Å². The summed E-state index contributed by atoms with van der Waals surface area (Å²) in [6.07, 6.45) is 0. The molecular weight excluding hydrogens is 189 g/mol. The molecule has 13 heavy (non-hydrogen) atoms. The number of halogens is 2. The third kappa shape index (κ3) is 2.20. The fraction of sp³-hybridized carbons (Fsp3) is 0.400. The molecule has 0 saturated carbocycles. The number of hydrogen-bond acceptors (Lipinski definition) is 1. The van der Waals surface area contributed by atoms with Crippen LogP contribution in [0.4, 0.5) is 4.39 Å². The van der Waals surface area contributed by atoms with Gasteiger partial charge in [-0.2, -0.15) is 0 Å². The highest BCUT2D eigenvalue weighted by Crippen LogP contribution is 2.29. The van der Waals surface area contributed by atoms with Gasteiger partial charge in [-0.05, 0) is 17.7 Å². The molecule has 0 spiro atoms. The molecule has 0 aliphatic carbocycles. The molecule has 0 amide bonds. The molecule has 1 aromatic carbocycles. The van der Waals surface area contributed by atoms with E-state index < -0.39 is 0 Å². The maximum Gasteiger partial charge on any atom is 0.124 e. The van der Waals surface area contributed by atoms with E-state index in [-0.39, 0.29) is 11.2 Å². The Bertz CT molecular complexity index is 310. The summed E-state index contributed by atoms with van der Waals surface area (Å²) in [7, 11) is 0. The van der Waals surface area contributed by atoms with Gasteiger partial charge in [0.25, 0.3) is 0 Å². The fourth-order valence-corrected chi connectivity index (χ4v) is 1.57. The zero-order valence-corrected chi connectivity index (χ0v) is 8.53. The van der Waals surface area contributed by atoms with Crippen LogP contribution in [0.2, 0.25) is 5.02 Å². The van der Waals surface area contributed by atoms with E-state index in [9.17, 15) is 4.39 Å². The lowest BCUT2D eigenvalue weighted by Gasteiger charge is -2.24. The zero-order valence-electron chi connectivity index (χ0n) is 7.77. The minimum Gasteiger partial charge on any atom is -0.330 e. The van der Waals surface area contributed by atoms with Crippen LogP contribution < -0.4 is 5.73 Å². The highest BCUT2D eigenvalue weighted by Gasteiger charge is 2.21. The van der Waals surface area contributed by atoms with E-state index in [1.165, 1.54) is 12.1 Å². The lowest BCUT2D eigenvalue weighted by atomic mass is 9.85. The van der Waals surface area contributed by atoms with E-state index in [1.54, 1.807) is 6.07 Å². The first-order chi connectivity index (χ1) is 5.97. The summed E-state index contributed by atoms with van der Waals surface area (Å²) in [6.45, 7) is 4.44. The lowest BCUT2D eigenvalue weighted by Crippen LogP contribution is -2.28. The summed E-state index contributed by atoms with van der Waals surface area (Å²) >= 11 is 5.90. The van der Waals surface area contributed by atoms with Crippen LogP contribution in [0.1, 0.15) is 19.4 Å². The molecule has 0 fully saturated rings. The molecule has 0 heterocycles. The van der Waals surface area contributed by atoms with E-state index in [4.69, 9.17) is 17.3 Å². The van der Waals surface area contributed by atoms with Crippen LogP contribution in [0.25, 0.3) is 0 Å². The molecule has 1 rings (SSSR count). The second-order valence-electron chi connectivity index (χ2n) is 3.71. The summed E-state index contributed by atoms with van der Waals surface area (Å²) in [5.41, 5.74) is 6.28. The lowest BCUT2D eigenvalue weighted by molar-refractivity contribution is 0.536. The number of nitrogens with two attached hydrogens (primary N) is 1. The highest BCUT2D eigenvalue weighted by atomic mass is 35.5. The van der Waals surface area contributed by atoms with Crippen LogP contribution in [0, 0.1) is 5.82 Å². The van der Waals surface area contributed by atoms with Crippen LogP contribution in [-0.4, -0.2) is 6.54 Å². The Morgan fingerprint density at radius 1 is 1.46 bits per heavy atom. The Labute approximate surface area is 82.7 Å². The molecule has 0 bridgehead atoms. The third-order valence-corrected chi connectivity index (χ3v) is 2.48. The molecule has 0 unspecified atom stereocenters. The van der Waals surface area contributed by atoms with Gasteiger partial charge in [0, 0.05) is 17.0 Å². The van der Waals surface area contributed by atoms with E-state index in [1.807, 2.05) is 13.8 Å². The molecule has 72 valence electrons. The van der Waals surface area contributed by atoms with Crippen LogP contribution in [0.3, 0.4) is 0 Å². The minimum absolute atomic E-state index is 0.204. The van der Waals surface area contributed by atoms with Crippen molar-refractivity contribution >= 4 is 11.6 Å². The standard InChI is InChI=1S/C10H13ClFN/c1-10(2,6-13)8-4-3-7(12)5-9(8)11/h3-5H,6,13H2,1-2H3. The summed E-state index contributed by atoms with van der Waals surface area (Å²) in [6, 6.07) is 4.40. The molecule has 0 saturated heterocycles. The van der Waals surface area contributed by atoms with Gasteiger partial charge in [0.15, 0.2) is 0 Å². The van der Waals surface area contributed by atoms with E-state index >= 15 is 0 Å². The van der Waals surface area contributed by atoms with Crippen LogP contribution >= 0.6 is 11.6 Å². The molecule has 2 N–H and O–H groups in total. The van der Waals surface area contributed by atoms with Crippen molar-refractivity contribution in [2.75, 3.05) is 6.54 Å². The number of hydrogen-bond donors (Lipinski definition) is 1. The predicted octanol–water partition coefficient (Wildman–Crippen LogP) is 2.72. The first-order valence-corrected chi connectivity index (χ1v) is 4.51. The van der Waals surface area contributed by atoms with Crippen molar-refractivity contribution in [3.63, 3.8) is 0 Å². The monoisotopic (exact) mass is 201 g/mol. The Hall–Kier alpha value is -0.600. The quantitative estimate of drug-likeness (QED) is 0.783. The normalized spacial score (nSPS) is 11.8. The van der Waals surface area contributed by atoms with Gasteiger partial charge in [0.2, 0.25) is 0 Å². The molecule has 0 aliphatic rings. The Morgan fingerprint density at radius 3 is 2.54 bits per heavy atom. The minimum atomic E-state index is -0.318. The third-order valence-electron chi connectivity index (χ3n) is 2.17. The first kappa shape index (κ1) is 10.5. The summed E-state index contributed by atoms with van der Waals surface area (Å²) in [5, 5.41) is 0.440. The summed E-state index contributed by atoms with van der Waals surface area (Å²) in [5.74, 6) is -0.318. The Morgan fingerprint density at radius 2 is 2.08 bits per heavy atom. The smallest absolute Gasteiger partial charge is 0.124 e. The Kier molecular flexibility index (Phi) is 2.94. The van der Waals surface area contributed by atoms with Crippen molar-refractivity contribution in [1.82, 2.24) is 0 Å². The number of benzene rings is 1. The van der Waals surface area contributed by atoms with E-state index in [0.717, 1.165) is 5.56 Å².